The summed E-state index contributed by atoms with van der Waals surface area (Å²) in [5, 5.41) is 4.75. The normalized spacial score (nSPS) is 21.3. The van der Waals surface area contributed by atoms with Gasteiger partial charge in [-0.15, -0.1) is 0 Å². The highest BCUT2D eigenvalue weighted by Crippen LogP contribution is 2.53. The number of hydrogen-bond acceptors (Lipinski definition) is 10. The molecule has 2 aromatic heterocycles. The lowest BCUT2D eigenvalue weighted by atomic mass is 9.80. The number of likely N-dealkylation sites (N-methyl/N-ethyl adjacent to an activating group) is 1. The van der Waals surface area contributed by atoms with E-state index >= 15 is 8.78 Å². The molecule has 7 rings (SSSR count). The van der Waals surface area contributed by atoms with Crippen LogP contribution in [0.3, 0.4) is 0 Å². The van der Waals surface area contributed by atoms with Crippen molar-refractivity contribution < 1.29 is 42.2 Å². The number of methoxy groups -OCH3 is 1. The van der Waals surface area contributed by atoms with Crippen molar-refractivity contribution in [2.45, 2.75) is 104 Å². The predicted octanol–water partition coefficient (Wildman–Crippen LogP) is 7.10. The van der Waals surface area contributed by atoms with Crippen molar-refractivity contribution in [2.24, 2.45) is 17.3 Å². The van der Waals surface area contributed by atoms with Gasteiger partial charge in [-0.3, -0.25) is 34.1 Å². The van der Waals surface area contributed by atoms with Gasteiger partial charge in [0.05, 0.1) is 34.5 Å². The van der Waals surface area contributed by atoms with E-state index < -0.39 is 54.1 Å². The van der Waals surface area contributed by atoms with Gasteiger partial charge in [0.2, 0.25) is 11.8 Å². The maximum absolute atomic E-state index is 17.8. The molecule has 5 heterocycles. The van der Waals surface area contributed by atoms with E-state index in [0.29, 0.717) is 65.9 Å². The number of alkyl halides is 2. The Morgan fingerprint density at radius 1 is 1.06 bits per heavy atom. The second-order valence-electron chi connectivity index (χ2n) is 19.2. The SMILES string of the molecule is C=CC(=O)N1CCC(C=O)C1.CCn1c(-c2cccnc2C(C)OC)c2c3cc(ccc31)-c1cccc(c1)CC(NC(=O)C(C(C)C)N(C)C)C(=O)N1CCC[C@H](N1)C(=O)OCC(C)(C)C2(F)F. The molecule has 0 radical (unpaired) electrons. The van der Waals surface area contributed by atoms with Gasteiger partial charge >= 0.3 is 5.97 Å². The van der Waals surface area contributed by atoms with E-state index in [1.807, 2.05) is 87.7 Å². The van der Waals surface area contributed by atoms with Gasteiger partial charge in [0.15, 0.2) is 0 Å². The lowest BCUT2D eigenvalue weighted by Crippen LogP contribution is -2.61. The molecule has 4 unspecified atom stereocenters. The predicted molar refractivity (Wildman–Crippen MR) is 257 cm³/mol. The molecule has 2 fully saturated rings. The van der Waals surface area contributed by atoms with Crippen LogP contribution in [0, 0.1) is 17.3 Å². The maximum Gasteiger partial charge on any atom is 0.324 e. The van der Waals surface area contributed by atoms with E-state index in [2.05, 4.69) is 22.3 Å². The number of aldehydes is 1. The van der Waals surface area contributed by atoms with Crippen LogP contribution in [-0.2, 0) is 52.3 Å². The number of carbonyl (C=O) groups excluding carboxylic acids is 5. The van der Waals surface area contributed by atoms with E-state index in [1.54, 1.807) is 36.4 Å². The fraction of sp³-hybridized carbons (Fsp3) is 0.500. The first-order chi connectivity index (χ1) is 32.3. The number of rotatable bonds is 10. The van der Waals surface area contributed by atoms with Crippen LogP contribution < -0.4 is 10.7 Å². The van der Waals surface area contributed by atoms with Crippen LogP contribution >= 0.6 is 0 Å². The molecule has 14 nitrogen and oxygen atoms in total. The van der Waals surface area contributed by atoms with E-state index in [9.17, 15) is 24.0 Å². The molecule has 4 aromatic rings. The first-order valence-corrected chi connectivity index (χ1v) is 23.5. The zero-order chi connectivity index (χ0) is 49.7. The number of amides is 3. The van der Waals surface area contributed by atoms with E-state index in [0.717, 1.165) is 23.8 Å². The van der Waals surface area contributed by atoms with Gasteiger partial charge in [0.1, 0.15) is 25.0 Å². The number of hydrogen-bond donors (Lipinski definition) is 2. The lowest BCUT2D eigenvalue weighted by Gasteiger charge is -2.37. The largest absolute Gasteiger partial charge is 0.464 e. The number of aromatic nitrogens is 2. The molecule has 0 aliphatic carbocycles. The van der Waals surface area contributed by atoms with Gasteiger partial charge in [-0.25, -0.2) is 14.2 Å². The zero-order valence-corrected chi connectivity index (χ0v) is 40.8. The highest BCUT2D eigenvalue weighted by atomic mass is 19.3. The van der Waals surface area contributed by atoms with Crippen molar-refractivity contribution in [3.63, 3.8) is 0 Å². The standard InChI is InChI=1S/C44H56F2N6O5.C8H11NO2/c1-10-51-35-19-18-30-24-32(35)36(39(51)31-16-12-20-47-37(31)27(4)56-9)44(45,46)43(5,6)25-57-42(55)33-17-13-21-52(49-33)41(54)34(23-28-14-11-15-29(30)22-28)48-40(53)38(26(2)3)50(7)8;1-2-8(11)9-4-3-7(5-9)6-10/h11-12,14-16,18-20,22,24,26-27,33-34,38,49H,10,13,17,21,23,25H2,1-9H3,(H,48,53);2,6-7H,1,3-5H2/t27?,33-,34?,38?;/m0./s1. The number of ether oxygens (including phenoxy) is 2. The number of halogens is 2. The Hall–Kier alpha value is -5.84. The molecule has 6 bridgehead atoms. The summed E-state index contributed by atoms with van der Waals surface area (Å²) in [6.07, 6.45) is 5.10. The van der Waals surface area contributed by atoms with Gasteiger partial charge in [0.25, 0.3) is 11.8 Å². The third kappa shape index (κ3) is 10.7. The number of fused-ring (bicyclic) bond motifs is 6. The maximum atomic E-state index is 17.8. The average Bonchev–Trinajstić information content (AvgIpc) is 3.95. The van der Waals surface area contributed by atoms with Gasteiger partial charge < -0.3 is 29.1 Å². The summed E-state index contributed by atoms with van der Waals surface area (Å²) in [4.78, 5) is 71.1. The lowest BCUT2D eigenvalue weighted by molar-refractivity contribution is -0.170. The number of aryl methyl sites for hydroxylation is 1. The van der Waals surface area contributed by atoms with Crippen LogP contribution in [0.4, 0.5) is 8.78 Å². The number of benzene rings is 2. The van der Waals surface area contributed by atoms with Crippen LogP contribution in [0.25, 0.3) is 33.3 Å². The number of nitrogens with one attached hydrogen (secondary N) is 2. The Bertz CT molecular complexity index is 2500. The summed E-state index contributed by atoms with van der Waals surface area (Å²) in [6, 6.07) is 14.3. The number of hydrazine groups is 1. The Morgan fingerprint density at radius 2 is 1.79 bits per heavy atom. The molecule has 3 amide bonds. The van der Waals surface area contributed by atoms with Crippen molar-refractivity contribution in [3.05, 3.63) is 90.3 Å². The van der Waals surface area contributed by atoms with Crippen LogP contribution in [-0.4, -0.2) is 120 Å². The minimum Gasteiger partial charge on any atom is -0.464 e. The van der Waals surface area contributed by atoms with Crippen LogP contribution in [0.1, 0.15) is 83.7 Å². The average molecular weight is 940 g/mol. The first kappa shape index (κ1) is 51.5. The Balaban J connectivity index is 0.000000608. The van der Waals surface area contributed by atoms with Crippen LogP contribution in [0.5, 0.6) is 0 Å². The number of carbonyl (C=O) groups is 5. The summed E-state index contributed by atoms with van der Waals surface area (Å²) in [7, 11) is 5.22. The van der Waals surface area contributed by atoms with E-state index in [4.69, 9.17) is 9.47 Å². The fourth-order valence-corrected chi connectivity index (χ4v) is 9.53. The number of nitrogens with zero attached hydrogens (tertiary/aromatic N) is 5. The molecular formula is C52H67F2N7O7. The molecule has 366 valence electrons. The Morgan fingerprint density at radius 3 is 2.44 bits per heavy atom. The van der Waals surface area contributed by atoms with Gasteiger partial charge in [0, 0.05) is 68.3 Å². The van der Waals surface area contributed by atoms with Crippen molar-refractivity contribution in [1.82, 2.24) is 35.1 Å². The summed E-state index contributed by atoms with van der Waals surface area (Å²) < 4.78 is 48.9. The molecule has 2 aromatic carbocycles. The number of likely N-dealkylation sites (tertiary alicyclic amines) is 1. The summed E-state index contributed by atoms with van der Waals surface area (Å²) in [5.74, 6) is -5.03. The highest BCUT2D eigenvalue weighted by molar-refractivity contribution is 5.96. The van der Waals surface area contributed by atoms with Gasteiger partial charge in [-0.05, 0) is 100 Å². The molecule has 16 heteroatoms. The smallest absolute Gasteiger partial charge is 0.324 e. The molecule has 68 heavy (non-hydrogen) atoms. The molecule has 2 N–H and O–H groups in total. The molecule has 0 spiro atoms. The van der Waals surface area contributed by atoms with Crippen LogP contribution in [0.15, 0.2) is 73.4 Å². The number of esters is 1. The summed E-state index contributed by atoms with van der Waals surface area (Å²) in [5.41, 5.74) is 5.15. The molecule has 2 saturated heterocycles. The van der Waals surface area contributed by atoms with Crippen molar-refractivity contribution in [1.29, 1.82) is 0 Å². The van der Waals surface area contributed by atoms with Gasteiger partial charge in [-0.1, -0.05) is 64.6 Å². The van der Waals surface area contributed by atoms with E-state index in [1.165, 1.54) is 24.9 Å². The van der Waals surface area contributed by atoms with Crippen molar-refractivity contribution in [2.75, 3.05) is 47.4 Å². The zero-order valence-electron chi connectivity index (χ0n) is 40.8. The third-order valence-electron chi connectivity index (χ3n) is 13.4. The number of pyridine rings is 1. The second kappa shape index (κ2) is 21.6. The molecular weight excluding hydrogens is 873 g/mol. The minimum atomic E-state index is -3.54. The highest BCUT2D eigenvalue weighted by Gasteiger charge is 2.53. The molecule has 3 aliphatic rings. The van der Waals surface area contributed by atoms with Crippen LogP contribution in [0.2, 0.25) is 0 Å². The summed E-state index contributed by atoms with van der Waals surface area (Å²) >= 11 is 0. The monoisotopic (exact) mass is 940 g/mol. The second-order valence-corrected chi connectivity index (χ2v) is 19.2. The Labute approximate surface area is 398 Å². The third-order valence-corrected chi connectivity index (χ3v) is 13.4. The minimum absolute atomic E-state index is 0.0300. The molecule has 3 aliphatic heterocycles. The van der Waals surface area contributed by atoms with Crippen molar-refractivity contribution >= 4 is 40.9 Å². The number of cyclic esters (lactones) is 1. The van der Waals surface area contributed by atoms with Crippen molar-refractivity contribution in [3.8, 4) is 22.4 Å². The van der Waals surface area contributed by atoms with E-state index in [-0.39, 0.29) is 42.2 Å². The first-order valence-electron chi connectivity index (χ1n) is 23.5. The molecule has 0 saturated carbocycles. The van der Waals surface area contributed by atoms with Gasteiger partial charge in [-0.2, -0.15) is 0 Å². The fourth-order valence-electron chi connectivity index (χ4n) is 9.53. The Kier molecular flexibility index (Phi) is 16.4. The summed E-state index contributed by atoms with van der Waals surface area (Å²) in [6.45, 7) is 15.2. The topological polar surface area (TPSA) is 155 Å². The molecule has 5 atom stereocenters. The quantitative estimate of drug-likeness (QED) is 0.0956.